The van der Waals surface area contributed by atoms with Gasteiger partial charge in [-0.1, -0.05) is 24.8 Å². The van der Waals surface area contributed by atoms with E-state index in [0.717, 1.165) is 12.2 Å². The Kier molecular flexibility index (Phi) is 3.53. The van der Waals surface area contributed by atoms with E-state index < -0.39 is 0 Å². The van der Waals surface area contributed by atoms with Crippen LogP contribution in [0.3, 0.4) is 0 Å². The molecule has 0 aliphatic heterocycles. The molecule has 0 saturated carbocycles. The van der Waals surface area contributed by atoms with E-state index in [9.17, 15) is 0 Å². The second-order valence-corrected chi connectivity index (χ2v) is 2.99. The van der Waals surface area contributed by atoms with Crippen LogP contribution in [-0.2, 0) is 0 Å². The summed E-state index contributed by atoms with van der Waals surface area (Å²) in [6.07, 6.45) is 0. The Labute approximate surface area is 79.9 Å². The molecule has 1 N–H and O–H groups in total. The zero-order valence-corrected chi connectivity index (χ0v) is 8.25. The Morgan fingerprint density at radius 2 is 2.00 bits per heavy atom. The van der Waals surface area contributed by atoms with E-state index in [0.29, 0.717) is 0 Å². The monoisotopic (exact) mass is 176 g/mol. The van der Waals surface area contributed by atoms with E-state index in [-0.39, 0.29) is 0 Å². The quantitative estimate of drug-likeness (QED) is 0.753. The van der Waals surface area contributed by atoms with Crippen LogP contribution in [0.5, 0.6) is 0 Å². The number of nitrogens with one attached hydrogen (secondary N) is 1. The van der Waals surface area contributed by atoms with Crippen LogP contribution < -0.4 is 10.2 Å². The van der Waals surface area contributed by atoms with Gasteiger partial charge in [0.05, 0.1) is 0 Å². The minimum Gasteiger partial charge on any atom is -0.347 e. The van der Waals surface area contributed by atoms with Crippen molar-refractivity contribution >= 4 is 5.69 Å². The van der Waals surface area contributed by atoms with Gasteiger partial charge >= 0.3 is 0 Å². The summed E-state index contributed by atoms with van der Waals surface area (Å²) in [7, 11) is 3.94. The lowest BCUT2D eigenvalue weighted by Crippen LogP contribution is -2.23. The van der Waals surface area contributed by atoms with Gasteiger partial charge in [0.15, 0.2) is 0 Å². The van der Waals surface area contributed by atoms with Gasteiger partial charge in [-0.15, -0.1) is 0 Å². The predicted octanol–water partition coefficient (Wildman–Crippen LogP) is 1.86. The van der Waals surface area contributed by atoms with Gasteiger partial charge in [-0.2, -0.15) is 0 Å². The van der Waals surface area contributed by atoms with Gasteiger partial charge in [0.25, 0.3) is 0 Å². The predicted molar refractivity (Wildman–Crippen MR) is 57.9 cm³/mol. The average molecular weight is 176 g/mol. The van der Waals surface area contributed by atoms with Crippen LogP contribution in [-0.4, -0.2) is 20.6 Å². The zero-order chi connectivity index (χ0) is 9.68. The molecule has 0 aromatic heterocycles. The minimum absolute atomic E-state index is 0.811. The molecular weight excluding hydrogens is 160 g/mol. The van der Waals surface area contributed by atoms with E-state index >= 15 is 0 Å². The summed E-state index contributed by atoms with van der Waals surface area (Å²) >= 11 is 0. The van der Waals surface area contributed by atoms with Gasteiger partial charge in [-0.25, -0.2) is 0 Å². The highest BCUT2D eigenvalue weighted by molar-refractivity contribution is 5.50. The van der Waals surface area contributed by atoms with Crippen LogP contribution in [0.2, 0.25) is 0 Å². The molecule has 2 heteroatoms. The summed E-state index contributed by atoms with van der Waals surface area (Å²) in [5.74, 6) is 0. The number of benzene rings is 1. The summed E-state index contributed by atoms with van der Waals surface area (Å²) < 4.78 is 0. The maximum absolute atomic E-state index is 3.98. The Balaban J connectivity index is 2.68. The van der Waals surface area contributed by atoms with E-state index in [1.54, 1.807) is 0 Å². The second kappa shape index (κ2) is 4.67. The first-order valence-corrected chi connectivity index (χ1v) is 4.37. The van der Waals surface area contributed by atoms with Crippen molar-refractivity contribution in [2.24, 2.45) is 0 Å². The summed E-state index contributed by atoms with van der Waals surface area (Å²) in [6.45, 7) is 4.80. The first kappa shape index (κ1) is 9.81. The van der Waals surface area contributed by atoms with Crippen molar-refractivity contribution in [1.82, 2.24) is 5.32 Å². The summed E-state index contributed by atoms with van der Waals surface area (Å²) in [4.78, 5) is 2.08. The number of nitrogens with zero attached hydrogens (tertiary/aromatic N) is 1. The van der Waals surface area contributed by atoms with Gasteiger partial charge in [-0.3, -0.25) is 0 Å². The highest BCUT2D eigenvalue weighted by atomic mass is 15.1. The summed E-state index contributed by atoms with van der Waals surface area (Å²) in [5.41, 5.74) is 2.23. The SMILES string of the molecule is C=C(CNC)N(C)c1ccccc1. The molecule has 0 amide bonds. The number of rotatable bonds is 4. The lowest BCUT2D eigenvalue weighted by atomic mass is 10.3. The standard InChI is InChI=1S/C11H16N2/c1-10(9-12-2)13(3)11-7-5-4-6-8-11/h4-8,12H,1,9H2,2-3H3. The highest BCUT2D eigenvalue weighted by Crippen LogP contribution is 2.14. The van der Waals surface area contributed by atoms with Crippen molar-refractivity contribution in [3.8, 4) is 0 Å². The Hall–Kier alpha value is -1.28. The molecule has 2 nitrogen and oxygen atoms in total. The molecule has 0 bridgehead atoms. The number of hydrogen-bond donors (Lipinski definition) is 1. The smallest absolute Gasteiger partial charge is 0.0405 e. The number of likely N-dealkylation sites (N-methyl/N-ethyl adjacent to an activating group) is 2. The molecule has 0 spiro atoms. The Morgan fingerprint density at radius 3 is 2.54 bits per heavy atom. The van der Waals surface area contributed by atoms with Crippen molar-refractivity contribution in [2.45, 2.75) is 0 Å². The van der Waals surface area contributed by atoms with E-state index in [2.05, 4.69) is 28.9 Å². The molecule has 1 aromatic carbocycles. The molecule has 1 aromatic rings. The van der Waals surface area contributed by atoms with Crippen molar-refractivity contribution < 1.29 is 0 Å². The van der Waals surface area contributed by atoms with Gasteiger partial charge in [0.2, 0.25) is 0 Å². The van der Waals surface area contributed by atoms with E-state index in [1.165, 1.54) is 5.69 Å². The molecule has 0 aliphatic carbocycles. The molecule has 13 heavy (non-hydrogen) atoms. The Morgan fingerprint density at radius 1 is 1.38 bits per heavy atom. The number of para-hydroxylation sites is 1. The third kappa shape index (κ3) is 2.60. The molecule has 0 saturated heterocycles. The van der Waals surface area contributed by atoms with Gasteiger partial charge in [0.1, 0.15) is 0 Å². The topological polar surface area (TPSA) is 15.3 Å². The van der Waals surface area contributed by atoms with Crippen molar-refractivity contribution in [1.29, 1.82) is 0 Å². The van der Waals surface area contributed by atoms with Crippen LogP contribution in [0.4, 0.5) is 5.69 Å². The normalized spacial score (nSPS) is 9.69. The minimum atomic E-state index is 0.811. The van der Waals surface area contributed by atoms with Gasteiger partial charge in [-0.05, 0) is 19.2 Å². The van der Waals surface area contributed by atoms with Crippen LogP contribution >= 0.6 is 0 Å². The number of hydrogen-bond acceptors (Lipinski definition) is 2. The highest BCUT2D eigenvalue weighted by Gasteiger charge is 2.01. The average Bonchev–Trinajstić information content (AvgIpc) is 2.18. The van der Waals surface area contributed by atoms with Crippen molar-refractivity contribution in [3.63, 3.8) is 0 Å². The molecule has 0 aliphatic rings. The molecular formula is C11H16N2. The lowest BCUT2D eigenvalue weighted by Gasteiger charge is -2.21. The van der Waals surface area contributed by atoms with Crippen LogP contribution in [0, 0.1) is 0 Å². The fourth-order valence-corrected chi connectivity index (χ4v) is 1.16. The van der Waals surface area contributed by atoms with Crippen molar-refractivity contribution in [3.05, 3.63) is 42.6 Å². The second-order valence-electron chi connectivity index (χ2n) is 2.99. The maximum atomic E-state index is 3.98. The molecule has 0 heterocycles. The van der Waals surface area contributed by atoms with Crippen LogP contribution in [0.15, 0.2) is 42.6 Å². The fourth-order valence-electron chi connectivity index (χ4n) is 1.16. The molecule has 0 radical (unpaired) electrons. The lowest BCUT2D eigenvalue weighted by molar-refractivity contribution is 0.850. The Bertz CT molecular complexity index is 267. The van der Waals surface area contributed by atoms with Gasteiger partial charge in [0, 0.05) is 25.0 Å². The summed E-state index contributed by atoms with van der Waals surface area (Å²) in [5, 5.41) is 3.08. The number of anilines is 1. The van der Waals surface area contributed by atoms with Crippen molar-refractivity contribution in [2.75, 3.05) is 25.5 Å². The van der Waals surface area contributed by atoms with Crippen LogP contribution in [0.1, 0.15) is 0 Å². The maximum Gasteiger partial charge on any atom is 0.0405 e. The largest absolute Gasteiger partial charge is 0.347 e. The zero-order valence-electron chi connectivity index (χ0n) is 8.25. The van der Waals surface area contributed by atoms with E-state index in [1.807, 2.05) is 32.3 Å². The van der Waals surface area contributed by atoms with Crippen LogP contribution in [0.25, 0.3) is 0 Å². The van der Waals surface area contributed by atoms with Gasteiger partial charge < -0.3 is 10.2 Å². The third-order valence-electron chi connectivity index (χ3n) is 2.00. The molecule has 0 fully saturated rings. The summed E-state index contributed by atoms with van der Waals surface area (Å²) in [6, 6.07) is 10.2. The molecule has 0 unspecified atom stereocenters. The first-order valence-electron chi connectivity index (χ1n) is 4.37. The molecule has 70 valence electrons. The van der Waals surface area contributed by atoms with E-state index in [4.69, 9.17) is 0 Å². The molecule has 0 atom stereocenters. The molecule has 1 rings (SSSR count). The first-order chi connectivity index (χ1) is 6.25. The fraction of sp³-hybridized carbons (Fsp3) is 0.273. The third-order valence-corrected chi connectivity index (χ3v) is 2.00.